The first-order valence-corrected chi connectivity index (χ1v) is 5.43. The lowest BCUT2D eigenvalue weighted by atomic mass is 10.3. The van der Waals surface area contributed by atoms with Crippen molar-refractivity contribution in [2.24, 2.45) is 0 Å². The molecule has 0 atom stereocenters. The van der Waals surface area contributed by atoms with Crippen molar-refractivity contribution < 1.29 is 19.0 Å². The van der Waals surface area contributed by atoms with E-state index in [-0.39, 0.29) is 6.61 Å². The number of rotatable bonds is 6. The second kappa shape index (κ2) is 7.38. The first-order chi connectivity index (χ1) is 8.26. The smallest absolute Gasteiger partial charge is 0.407 e. The Bertz CT molecular complexity index is 337. The molecule has 0 aliphatic rings. The van der Waals surface area contributed by atoms with Gasteiger partial charge in [0.1, 0.15) is 24.7 Å². The van der Waals surface area contributed by atoms with E-state index < -0.39 is 6.09 Å². The molecule has 0 unspecified atom stereocenters. The number of hydrogen-bond acceptors (Lipinski definition) is 4. The molecule has 5 nitrogen and oxygen atoms in total. The predicted molar refractivity (Wildman–Crippen MR) is 63.5 cm³/mol. The maximum absolute atomic E-state index is 10.9. The molecule has 0 aliphatic heterocycles. The van der Waals surface area contributed by atoms with E-state index in [2.05, 4.69) is 5.32 Å². The number of carbonyl (C=O) groups excluding carboxylic acids is 1. The van der Waals surface area contributed by atoms with E-state index in [1.54, 1.807) is 31.4 Å². The third-order valence-electron chi connectivity index (χ3n) is 1.97. The van der Waals surface area contributed by atoms with Gasteiger partial charge in [0.15, 0.2) is 0 Å². The van der Waals surface area contributed by atoms with Crippen LogP contribution in [0.25, 0.3) is 0 Å². The summed E-state index contributed by atoms with van der Waals surface area (Å²) in [7, 11) is 1.61. The summed E-state index contributed by atoms with van der Waals surface area (Å²) in [4.78, 5) is 10.9. The average molecular weight is 239 g/mol. The SMILES string of the molecule is CCNC(=O)OCCOc1ccc(OC)cc1. The molecule has 0 aromatic heterocycles. The molecule has 1 amide bonds. The molecule has 5 heteroatoms. The third kappa shape index (κ3) is 5.10. The molecule has 0 bridgehead atoms. The number of carbonyl (C=O) groups is 1. The number of alkyl carbamates (subject to hydrolysis) is 1. The van der Waals surface area contributed by atoms with Gasteiger partial charge >= 0.3 is 6.09 Å². The molecule has 0 radical (unpaired) electrons. The van der Waals surface area contributed by atoms with Crippen molar-refractivity contribution in [3.63, 3.8) is 0 Å². The minimum absolute atomic E-state index is 0.220. The lowest BCUT2D eigenvalue weighted by Crippen LogP contribution is -2.25. The summed E-state index contributed by atoms with van der Waals surface area (Å²) in [6.45, 7) is 2.93. The van der Waals surface area contributed by atoms with E-state index in [1.807, 2.05) is 6.92 Å². The van der Waals surface area contributed by atoms with Crippen LogP contribution in [0.1, 0.15) is 6.92 Å². The Morgan fingerprint density at radius 2 is 1.82 bits per heavy atom. The van der Waals surface area contributed by atoms with Crippen LogP contribution >= 0.6 is 0 Å². The molecule has 0 heterocycles. The minimum atomic E-state index is -0.425. The molecule has 0 saturated carbocycles. The van der Waals surface area contributed by atoms with Gasteiger partial charge in [-0.1, -0.05) is 0 Å². The molecular formula is C12H17NO4. The summed E-state index contributed by atoms with van der Waals surface area (Å²) in [5.74, 6) is 1.49. The summed E-state index contributed by atoms with van der Waals surface area (Å²) < 4.78 is 15.2. The van der Waals surface area contributed by atoms with Gasteiger partial charge in [-0.05, 0) is 31.2 Å². The van der Waals surface area contributed by atoms with Gasteiger partial charge in [-0.3, -0.25) is 0 Å². The highest BCUT2D eigenvalue weighted by molar-refractivity contribution is 5.66. The Hall–Kier alpha value is -1.91. The van der Waals surface area contributed by atoms with Crippen LogP contribution in [0.15, 0.2) is 24.3 Å². The van der Waals surface area contributed by atoms with E-state index in [0.29, 0.717) is 18.9 Å². The van der Waals surface area contributed by atoms with E-state index >= 15 is 0 Å². The number of methoxy groups -OCH3 is 1. The maximum Gasteiger partial charge on any atom is 0.407 e. The maximum atomic E-state index is 10.9. The molecule has 0 fully saturated rings. The van der Waals surface area contributed by atoms with Crippen molar-refractivity contribution in [1.29, 1.82) is 0 Å². The molecule has 1 aromatic carbocycles. The molecule has 0 spiro atoms. The van der Waals surface area contributed by atoms with Crippen LogP contribution in [0.3, 0.4) is 0 Å². The standard InChI is InChI=1S/C12H17NO4/c1-3-13-12(14)17-9-8-16-11-6-4-10(15-2)5-7-11/h4-7H,3,8-9H2,1-2H3,(H,13,14). The predicted octanol–water partition coefficient (Wildman–Crippen LogP) is 1.82. The second-order valence-electron chi connectivity index (χ2n) is 3.19. The van der Waals surface area contributed by atoms with Crippen molar-refractivity contribution in [1.82, 2.24) is 5.32 Å². The summed E-state index contributed by atoms with van der Waals surface area (Å²) >= 11 is 0. The zero-order valence-electron chi connectivity index (χ0n) is 10.1. The number of nitrogens with one attached hydrogen (secondary N) is 1. The van der Waals surface area contributed by atoms with Crippen LogP contribution in [0.2, 0.25) is 0 Å². The van der Waals surface area contributed by atoms with Crippen molar-refractivity contribution in [2.45, 2.75) is 6.92 Å². The van der Waals surface area contributed by atoms with Gasteiger partial charge in [-0.15, -0.1) is 0 Å². The van der Waals surface area contributed by atoms with Crippen LogP contribution in [-0.4, -0.2) is 33.0 Å². The molecule has 1 aromatic rings. The highest BCUT2D eigenvalue weighted by Gasteiger charge is 1.99. The Balaban J connectivity index is 2.19. The summed E-state index contributed by atoms with van der Waals surface area (Å²) in [6, 6.07) is 7.20. The minimum Gasteiger partial charge on any atom is -0.497 e. The van der Waals surface area contributed by atoms with Gasteiger partial charge in [0, 0.05) is 6.54 Å². The van der Waals surface area contributed by atoms with E-state index in [4.69, 9.17) is 14.2 Å². The number of ether oxygens (including phenoxy) is 3. The molecule has 0 aliphatic carbocycles. The Morgan fingerprint density at radius 3 is 2.41 bits per heavy atom. The van der Waals surface area contributed by atoms with Crippen molar-refractivity contribution >= 4 is 6.09 Å². The highest BCUT2D eigenvalue weighted by atomic mass is 16.6. The van der Waals surface area contributed by atoms with Crippen LogP contribution in [0.5, 0.6) is 11.5 Å². The van der Waals surface area contributed by atoms with Gasteiger partial charge in [0.05, 0.1) is 7.11 Å². The summed E-state index contributed by atoms with van der Waals surface area (Å²) in [5.41, 5.74) is 0. The highest BCUT2D eigenvalue weighted by Crippen LogP contribution is 2.16. The fourth-order valence-corrected chi connectivity index (χ4v) is 1.16. The lowest BCUT2D eigenvalue weighted by Gasteiger charge is -2.08. The Morgan fingerprint density at radius 1 is 1.18 bits per heavy atom. The Labute approximate surface area is 101 Å². The summed E-state index contributed by atoms with van der Waals surface area (Å²) in [5, 5.41) is 2.53. The molecule has 94 valence electrons. The average Bonchev–Trinajstić information content (AvgIpc) is 2.36. The van der Waals surface area contributed by atoms with Crippen molar-refractivity contribution in [2.75, 3.05) is 26.9 Å². The zero-order chi connectivity index (χ0) is 12.5. The fraction of sp³-hybridized carbons (Fsp3) is 0.417. The largest absolute Gasteiger partial charge is 0.497 e. The van der Waals surface area contributed by atoms with Gasteiger partial charge in [0.25, 0.3) is 0 Å². The first-order valence-electron chi connectivity index (χ1n) is 5.43. The zero-order valence-corrected chi connectivity index (χ0v) is 10.1. The van der Waals surface area contributed by atoms with E-state index in [0.717, 1.165) is 5.75 Å². The number of hydrogen-bond donors (Lipinski definition) is 1. The number of amides is 1. The molecular weight excluding hydrogens is 222 g/mol. The molecule has 1 rings (SSSR count). The van der Waals surface area contributed by atoms with Gasteiger partial charge < -0.3 is 19.5 Å². The van der Waals surface area contributed by atoms with Crippen LogP contribution in [0.4, 0.5) is 4.79 Å². The second-order valence-corrected chi connectivity index (χ2v) is 3.19. The molecule has 17 heavy (non-hydrogen) atoms. The lowest BCUT2D eigenvalue weighted by molar-refractivity contribution is 0.125. The molecule has 0 saturated heterocycles. The van der Waals surface area contributed by atoms with Crippen LogP contribution in [0, 0.1) is 0 Å². The normalized spacial score (nSPS) is 9.53. The topological polar surface area (TPSA) is 56.8 Å². The van der Waals surface area contributed by atoms with E-state index in [1.165, 1.54) is 0 Å². The van der Waals surface area contributed by atoms with Crippen molar-refractivity contribution in [3.05, 3.63) is 24.3 Å². The van der Waals surface area contributed by atoms with Crippen LogP contribution < -0.4 is 14.8 Å². The monoisotopic (exact) mass is 239 g/mol. The van der Waals surface area contributed by atoms with Gasteiger partial charge in [0.2, 0.25) is 0 Å². The Kier molecular flexibility index (Phi) is 5.71. The molecule has 1 N–H and O–H groups in total. The number of benzene rings is 1. The van der Waals surface area contributed by atoms with Crippen molar-refractivity contribution in [3.8, 4) is 11.5 Å². The summed E-state index contributed by atoms with van der Waals surface area (Å²) in [6.07, 6.45) is -0.425. The van der Waals surface area contributed by atoms with E-state index in [9.17, 15) is 4.79 Å². The van der Waals surface area contributed by atoms with Gasteiger partial charge in [-0.25, -0.2) is 4.79 Å². The van der Waals surface area contributed by atoms with Crippen LogP contribution in [-0.2, 0) is 4.74 Å². The van der Waals surface area contributed by atoms with Gasteiger partial charge in [-0.2, -0.15) is 0 Å². The first kappa shape index (κ1) is 13.2. The fourth-order valence-electron chi connectivity index (χ4n) is 1.16. The third-order valence-corrected chi connectivity index (χ3v) is 1.97. The quantitative estimate of drug-likeness (QED) is 0.769.